The molecular weight excluding hydrogens is 416 g/mol. The molecule has 2 rings (SSSR count). The zero-order valence-corrected chi connectivity index (χ0v) is 16.9. The summed E-state index contributed by atoms with van der Waals surface area (Å²) in [6.45, 7) is 0.408. The second kappa shape index (κ2) is 10.5. The van der Waals surface area contributed by atoms with Gasteiger partial charge in [-0.2, -0.15) is 0 Å². The van der Waals surface area contributed by atoms with Gasteiger partial charge in [0, 0.05) is 10.5 Å². The largest absolute Gasteiger partial charge is 0.493 e. The van der Waals surface area contributed by atoms with Gasteiger partial charge in [0.2, 0.25) is 5.75 Å². The highest BCUT2D eigenvalue weighted by Crippen LogP contribution is 2.38. The number of carbonyl (C=O) groups is 1. The van der Waals surface area contributed by atoms with Crippen LogP contribution in [-0.4, -0.2) is 40.5 Å². The van der Waals surface area contributed by atoms with Gasteiger partial charge in [-0.15, -0.1) is 0 Å². The van der Waals surface area contributed by atoms with Gasteiger partial charge in [0.15, 0.2) is 11.5 Å². The van der Waals surface area contributed by atoms with E-state index in [1.807, 2.05) is 24.3 Å². The monoisotopic (exact) mass is 436 g/mol. The second-order valence-corrected chi connectivity index (χ2v) is 6.18. The SMILES string of the molecule is COc1cc(C=CC(=O)OCCOc2cccc(Br)c2)cc(OC)c1OC. The van der Waals surface area contributed by atoms with Gasteiger partial charge in [-0.3, -0.25) is 0 Å². The van der Waals surface area contributed by atoms with Gasteiger partial charge in [0.25, 0.3) is 0 Å². The number of hydrogen-bond donors (Lipinski definition) is 0. The van der Waals surface area contributed by atoms with Crippen LogP contribution >= 0.6 is 15.9 Å². The lowest BCUT2D eigenvalue weighted by Gasteiger charge is -2.12. The predicted octanol–water partition coefficient (Wildman–Crippen LogP) is 4.11. The first-order chi connectivity index (χ1) is 13.1. The molecule has 0 unspecified atom stereocenters. The molecule has 0 fully saturated rings. The molecule has 0 bridgehead atoms. The number of halogens is 1. The van der Waals surface area contributed by atoms with Crippen molar-refractivity contribution < 1.29 is 28.5 Å². The van der Waals surface area contributed by atoms with E-state index in [9.17, 15) is 4.79 Å². The summed E-state index contributed by atoms with van der Waals surface area (Å²) >= 11 is 3.37. The summed E-state index contributed by atoms with van der Waals surface area (Å²) in [7, 11) is 4.60. The fraction of sp³-hybridized carbons (Fsp3) is 0.250. The summed E-state index contributed by atoms with van der Waals surface area (Å²) < 4.78 is 27.4. The fourth-order valence-electron chi connectivity index (χ4n) is 2.27. The van der Waals surface area contributed by atoms with Gasteiger partial charge in [-0.25, -0.2) is 4.79 Å². The van der Waals surface area contributed by atoms with Crippen molar-refractivity contribution in [1.82, 2.24) is 0 Å². The number of benzene rings is 2. The van der Waals surface area contributed by atoms with Crippen molar-refractivity contribution in [3.05, 3.63) is 52.5 Å². The van der Waals surface area contributed by atoms with Crippen LogP contribution in [0.15, 0.2) is 46.9 Å². The maximum Gasteiger partial charge on any atom is 0.330 e. The van der Waals surface area contributed by atoms with Crippen LogP contribution in [0.5, 0.6) is 23.0 Å². The molecular formula is C20H21BrO6. The van der Waals surface area contributed by atoms with Crippen LogP contribution in [0.4, 0.5) is 0 Å². The molecule has 0 spiro atoms. The summed E-state index contributed by atoms with van der Waals surface area (Å²) in [5.74, 6) is 1.74. The van der Waals surface area contributed by atoms with E-state index in [2.05, 4.69) is 15.9 Å². The van der Waals surface area contributed by atoms with E-state index in [0.717, 1.165) is 4.47 Å². The maximum atomic E-state index is 11.9. The second-order valence-electron chi connectivity index (χ2n) is 5.27. The Hall–Kier alpha value is -2.67. The molecule has 0 aliphatic rings. The van der Waals surface area contributed by atoms with Crippen LogP contribution in [0.3, 0.4) is 0 Å². The van der Waals surface area contributed by atoms with Crippen LogP contribution in [-0.2, 0) is 9.53 Å². The molecule has 2 aromatic rings. The minimum atomic E-state index is -0.471. The number of ether oxygens (including phenoxy) is 5. The third kappa shape index (κ3) is 6.21. The Morgan fingerprint density at radius 2 is 1.70 bits per heavy atom. The average Bonchev–Trinajstić information content (AvgIpc) is 2.68. The molecule has 0 radical (unpaired) electrons. The van der Waals surface area contributed by atoms with E-state index < -0.39 is 5.97 Å². The molecule has 0 aliphatic carbocycles. The van der Waals surface area contributed by atoms with Crippen LogP contribution in [0.2, 0.25) is 0 Å². The topological polar surface area (TPSA) is 63.2 Å². The third-order valence-corrected chi connectivity index (χ3v) is 3.98. The normalized spacial score (nSPS) is 10.5. The van der Waals surface area contributed by atoms with Crippen molar-refractivity contribution in [2.45, 2.75) is 0 Å². The maximum absolute atomic E-state index is 11.9. The summed E-state index contributed by atoms with van der Waals surface area (Å²) in [6, 6.07) is 10.9. The zero-order valence-electron chi connectivity index (χ0n) is 15.4. The first-order valence-electron chi connectivity index (χ1n) is 8.10. The number of hydrogen-bond acceptors (Lipinski definition) is 6. The Balaban J connectivity index is 1.88. The predicted molar refractivity (Wildman–Crippen MR) is 106 cm³/mol. The highest BCUT2D eigenvalue weighted by atomic mass is 79.9. The summed E-state index contributed by atoms with van der Waals surface area (Å²) in [6.07, 6.45) is 2.95. The third-order valence-electron chi connectivity index (χ3n) is 3.49. The molecule has 0 heterocycles. The number of rotatable bonds is 9. The van der Waals surface area contributed by atoms with E-state index in [4.69, 9.17) is 23.7 Å². The lowest BCUT2D eigenvalue weighted by atomic mass is 10.1. The molecule has 0 aliphatic heterocycles. The van der Waals surface area contributed by atoms with Gasteiger partial charge < -0.3 is 23.7 Å². The minimum absolute atomic E-state index is 0.144. The van der Waals surface area contributed by atoms with Crippen molar-refractivity contribution in [3.63, 3.8) is 0 Å². The first-order valence-corrected chi connectivity index (χ1v) is 8.90. The Bertz CT molecular complexity index is 778. The molecule has 27 heavy (non-hydrogen) atoms. The molecule has 0 aromatic heterocycles. The molecule has 144 valence electrons. The van der Waals surface area contributed by atoms with Crippen molar-refractivity contribution in [1.29, 1.82) is 0 Å². The Morgan fingerprint density at radius 3 is 2.30 bits per heavy atom. The number of methoxy groups -OCH3 is 3. The standard InChI is InChI=1S/C20H21BrO6/c1-23-17-11-14(12-18(24-2)20(17)25-3)7-8-19(22)27-10-9-26-16-6-4-5-15(21)13-16/h4-8,11-13H,9-10H2,1-3H3. The molecule has 0 saturated carbocycles. The molecule has 7 heteroatoms. The van der Waals surface area contributed by atoms with Gasteiger partial charge in [0.05, 0.1) is 21.3 Å². The molecule has 0 amide bonds. The lowest BCUT2D eigenvalue weighted by molar-refractivity contribution is -0.138. The summed E-state index contributed by atoms with van der Waals surface area (Å²) in [4.78, 5) is 11.9. The summed E-state index contributed by atoms with van der Waals surface area (Å²) in [5.41, 5.74) is 0.715. The van der Waals surface area contributed by atoms with Gasteiger partial charge in [-0.05, 0) is 42.0 Å². The minimum Gasteiger partial charge on any atom is -0.493 e. The molecule has 0 atom stereocenters. The lowest BCUT2D eigenvalue weighted by Crippen LogP contribution is -2.10. The molecule has 0 N–H and O–H groups in total. The van der Waals surface area contributed by atoms with Gasteiger partial charge >= 0.3 is 5.97 Å². The quantitative estimate of drug-likeness (QED) is 0.334. The Kier molecular flexibility index (Phi) is 8.00. The Morgan fingerprint density at radius 1 is 1.00 bits per heavy atom. The molecule has 6 nitrogen and oxygen atoms in total. The van der Waals surface area contributed by atoms with Crippen molar-refractivity contribution >= 4 is 28.0 Å². The number of esters is 1. The smallest absolute Gasteiger partial charge is 0.330 e. The van der Waals surface area contributed by atoms with Crippen LogP contribution < -0.4 is 18.9 Å². The van der Waals surface area contributed by atoms with E-state index in [1.165, 1.54) is 27.4 Å². The first kappa shape index (κ1) is 20.6. The van der Waals surface area contributed by atoms with E-state index >= 15 is 0 Å². The highest BCUT2D eigenvalue weighted by Gasteiger charge is 2.12. The van der Waals surface area contributed by atoms with E-state index in [0.29, 0.717) is 28.6 Å². The van der Waals surface area contributed by atoms with Crippen molar-refractivity contribution in [3.8, 4) is 23.0 Å². The Labute approximate surface area is 166 Å². The zero-order chi connectivity index (χ0) is 19.6. The van der Waals surface area contributed by atoms with Crippen molar-refractivity contribution in [2.75, 3.05) is 34.5 Å². The molecule has 2 aromatic carbocycles. The van der Waals surface area contributed by atoms with E-state index in [-0.39, 0.29) is 13.2 Å². The highest BCUT2D eigenvalue weighted by molar-refractivity contribution is 9.10. The van der Waals surface area contributed by atoms with Crippen LogP contribution in [0.25, 0.3) is 6.08 Å². The average molecular weight is 437 g/mol. The van der Waals surface area contributed by atoms with Gasteiger partial charge in [0.1, 0.15) is 19.0 Å². The number of carbonyl (C=O) groups excluding carboxylic acids is 1. The van der Waals surface area contributed by atoms with E-state index in [1.54, 1.807) is 18.2 Å². The van der Waals surface area contributed by atoms with Crippen LogP contribution in [0, 0.1) is 0 Å². The van der Waals surface area contributed by atoms with Crippen LogP contribution in [0.1, 0.15) is 5.56 Å². The summed E-state index contributed by atoms with van der Waals surface area (Å²) in [5, 5.41) is 0. The molecule has 0 saturated heterocycles. The fourth-order valence-corrected chi connectivity index (χ4v) is 2.65. The van der Waals surface area contributed by atoms with Gasteiger partial charge in [-0.1, -0.05) is 22.0 Å². The van der Waals surface area contributed by atoms with Crippen molar-refractivity contribution in [2.24, 2.45) is 0 Å².